The van der Waals surface area contributed by atoms with E-state index in [2.05, 4.69) is 9.97 Å². The Hall–Kier alpha value is -2.81. The van der Waals surface area contributed by atoms with Gasteiger partial charge in [0.1, 0.15) is 11.3 Å². The molecular formula is C22H18ClN3O3S2. The molecule has 6 nitrogen and oxygen atoms in total. The fourth-order valence-electron chi connectivity index (χ4n) is 3.10. The number of carbonyl (C=O) groups is 1. The van der Waals surface area contributed by atoms with Crippen LogP contribution < -0.4 is 4.90 Å². The molecule has 2 aromatic heterocycles. The Morgan fingerprint density at radius 3 is 2.48 bits per heavy atom. The number of hydrogen-bond donors (Lipinski definition) is 0. The summed E-state index contributed by atoms with van der Waals surface area (Å²) in [6, 6.07) is 17.8. The van der Waals surface area contributed by atoms with Gasteiger partial charge in [-0.2, -0.15) is 0 Å². The van der Waals surface area contributed by atoms with Crippen LogP contribution in [-0.2, 0) is 26.9 Å². The molecule has 158 valence electrons. The molecular weight excluding hydrogens is 454 g/mol. The predicted molar refractivity (Wildman–Crippen MR) is 124 cm³/mol. The number of halogens is 1. The predicted octanol–water partition coefficient (Wildman–Crippen LogP) is 4.49. The molecule has 1 amide bonds. The summed E-state index contributed by atoms with van der Waals surface area (Å²) in [6.45, 7) is 0.158. The van der Waals surface area contributed by atoms with E-state index >= 15 is 0 Å². The Morgan fingerprint density at radius 1 is 1.00 bits per heavy atom. The molecule has 0 aliphatic carbocycles. The van der Waals surface area contributed by atoms with Gasteiger partial charge in [0.25, 0.3) is 0 Å². The van der Waals surface area contributed by atoms with Crippen molar-refractivity contribution in [3.05, 3.63) is 89.2 Å². The van der Waals surface area contributed by atoms with Crippen molar-refractivity contribution in [2.24, 2.45) is 0 Å². The Bertz CT molecular complexity index is 1310. The van der Waals surface area contributed by atoms with Crippen LogP contribution in [0.2, 0.25) is 5.02 Å². The average molecular weight is 472 g/mol. The number of benzene rings is 2. The first kappa shape index (κ1) is 21.4. The van der Waals surface area contributed by atoms with E-state index in [1.165, 1.54) is 16.2 Å². The average Bonchev–Trinajstić information content (AvgIpc) is 3.18. The van der Waals surface area contributed by atoms with Crippen molar-refractivity contribution in [3.63, 3.8) is 0 Å². The molecule has 0 aliphatic rings. The highest BCUT2D eigenvalue weighted by Gasteiger charge is 2.26. The van der Waals surface area contributed by atoms with Gasteiger partial charge in [-0.25, -0.2) is 13.4 Å². The third-order valence-corrected chi connectivity index (χ3v) is 7.34. The maximum absolute atomic E-state index is 13.2. The zero-order valence-corrected chi connectivity index (χ0v) is 18.7. The minimum absolute atomic E-state index is 0.158. The van der Waals surface area contributed by atoms with E-state index < -0.39 is 21.5 Å². The van der Waals surface area contributed by atoms with Gasteiger partial charge in [-0.05, 0) is 29.3 Å². The minimum atomic E-state index is -3.67. The molecule has 2 aromatic carbocycles. The van der Waals surface area contributed by atoms with Crippen molar-refractivity contribution < 1.29 is 13.2 Å². The van der Waals surface area contributed by atoms with Crippen LogP contribution in [0.25, 0.3) is 10.2 Å². The molecule has 4 aromatic rings. The van der Waals surface area contributed by atoms with Gasteiger partial charge in [-0.15, -0.1) is 0 Å². The van der Waals surface area contributed by atoms with Crippen molar-refractivity contribution in [2.75, 3.05) is 10.7 Å². The van der Waals surface area contributed by atoms with Crippen molar-refractivity contribution in [1.29, 1.82) is 0 Å². The van der Waals surface area contributed by atoms with Gasteiger partial charge in [0.15, 0.2) is 15.0 Å². The van der Waals surface area contributed by atoms with E-state index in [0.29, 0.717) is 21.2 Å². The zero-order chi connectivity index (χ0) is 21.8. The number of para-hydroxylation sites is 1. The van der Waals surface area contributed by atoms with Crippen molar-refractivity contribution in [1.82, 2.24) is 9.97 Å². The Kier molecular flexibility index (Phi) is 6.31. The lowest BCUT2D eigenvalue weighted by Gasteiger charge is -2.20. The van der Waals surface area contributed by atoms with Gasteiger partial charge in [0, 0.05) is 12.4 Å². The molecule has 0 saturated carbocycles. The number of thiazole rings is 1. The fraction of sp³-hybridized carbons (Fsp3) is 0.136. The van der Waals surface area contributed by atoms with Crippen molar-refractivity contribution in [2.45, 2.75) is 12.3 Å². The van der Waals surface area contributed by atoms with E-state index in [1.807, 2.05) is 24.3 Å². The highest BCUT2D eigenvalue weighted by atomic mass is 35.5. The molecule has 4 rings (SSSR count). The summed E-state index contributed by atoms with van der Waals surface area (Å²) in [7, 11) is -3.67. The van der Waals surface area contributed by atoms with Gasteiger partial charge in [0.05, 0.1) is 22.0 Å². The Labute approximate surface area is 189 Å². The maximum Gasteiger partial charge on any atom is 0.244 e. The van der Waals surface area contributed by atoms with E-state index in [0.717, 1.165) is 10.3 Å². The zero-order valence-electron chi connectivity index (χ0n) is 16.3. The molecule has 0 radical (unpaired) electrons. The van der Waals surface area contributed by atoms with Crippen LogP contribution in [0, 0.1) is 0 Å². The molecule has 0 atom stereocenters. The first-order valence-corrected chi connectivity index (χ1v) is 12.4. The molecule has 9 heteroatoms. The van der Waals surface area contributed by atoms with Crippen LogP contribution in [0.4, 0.5) is 5.13 Å². The fourth-order valence-corrected chi connectivity index (χ4v) is 5.72. The van der Waals surface area contributed by atoms with E-state index in [9.17, 15) is 13.2 Å². The highest BCUT2D eigenvalue weighted by Crippen LogP contribution is 2.33. The number of hydrogen-bond acceptors (Lipinski definition) is 6. The van der Waals surface area contributed by atoms with Crippen molar-refractivity contribution >= 4 is 54.0 Å². The molecule has 0 fully saturated rings. The van der Waals surface area contributed by atoms with E-state index in [-0.39, 0.29) is 12.3 Å². The number of anilines is 1. The number of rotatable bonds is 7. The van der Waals surface area contributed by atoms with E-state index in [4.69, 9.17) is 11.6 Å². The molecule has 0 aliphatic heterocycles. The lowest BCUT2D eigenvalue weighted by atomic mass is 10.2. The molecule has 0 saturated heterocycles. The molecule has 0 bridgehead atoms. The number of carbonyl (C=O) groups excluding carboxylic acids is 1. The second kappa shape index (κ2) is 9.13. The van der Waals surface area contributed by atoms with Crippen LogP contribution in [-0.4, -0.2) is 30.0 Å². The first-order chi connectivity index (χ1) is 14.9. The third-order valence-electron chi connectivity index (χ3n) is 4.53. The van der Waals surface area contributed by atoms with Crippen LogP contribution in [0.15, 0.2) is 73.1 Å². The van der Waals surface area contributed by atoms with Crippen LogP contribution >= 0.6 is 22.9 Å². The number of sulfone groups is 1. The van der Waals surface area contributed by atoms with Crippen LogP contribution in [0.1, 0.15) is 11.1 Å². The van der Waals surface area contributed by atoms with Gasteiger partial charge in [-0.1, -0.05) is 65.4 Å². The number of fused-ring (bicyclic) bond motifs is 1. The monoisotopic (exact) mass is 471 g/mol. The lowest BCUT2D eigenvalue weighted by molar-refractivity contribution is -0.116. The summed E-state index contributed by atoms with van der Waals surface area (Å²) < 4.78 is 26.3. The number of pyridine rings is 1. The summed E-state index contributed by atoms with van der Waals surface area (Å²) in [5, 5.41) is 0.873. The SMILES string of the molecule is O=C(CS(=O)(=O)Cc1ccccc1)N(Cc1cccnc1)c1nc2c(Cl)cccc2s1. The minimum Gasteiger partial charge on any atom is -0.283 e. The summed E-state index contributed by atoms with van der Waals surface area (Å²) in [6.07, 6.45) is 3.27. The Morgan fingerprint density at radius 2 is 1.77 bits per heavy atom. The number of nitrogens with zero attached hydrogens (tertiary/aromatic N) is 3. The summed E-state index contributed by atoms with van der Waals surface area (Å²) in [5.41, 5.74) is 1.99. The second-order valence-electron chi connectivity index (χ2n) is 6.94. The topological polar surface area (TPSA) is 80.2 Å². The molecule has 0 unspecified atom stereocenters. The van der Waals surface area contributed by atoms with Gasteiger partial charge in [-0.3, -0.25) is 14.7 Å². The largest absolute Gasteiger partial charge is 0.283 e. The second-order valence-corrected chi connectivity index (χ2v) is 10.4. The summed E-state index contributed by atoms with van der Waals surface area (Å²) >= 11 is 7.54. The molecule has 0 spiro atoms. The Balaban J connectivity index is 1.64. The third kappa shape index (κ3) is 5.28. The standard InChI is InChI=1S/C22H18ClN3O3S2/c23-18-9-4-10-19-21(18)25-22(30-19)26(13-17-8-5-11-24-12-17)20(27)15-31(28,29)14-16-6-2-1-3-7-16/h1-12H,13-15H2. The molecule has 0 N–H and O–H groups in total. The van der Waals surface area contributed by atoms with Gasteiger partial charge < -0.3 is 0 Å². The highest BCUT2D eigenvalue weighted by molar-refractivity contribution is 7.91. The summed E-state index contributed by atoms with van der Waals surface area (Å²) in [5.74, 6) is -1.37. The van der Waals surface area contributed by atoms with Gasteiger partial charge >= 0.3 is 0 Å². The number of aromatic nitrogens is 2. The lowest BCUT2D eigenvalue weighted by Crippen LogP contribution is -2.35. The molecule has 2 heterocycles. The quantitative estimate of drug-likeness (QED) is 0.396. The van der Waals surface area contributed by atoms with Crippen molar-refractivity contribution in [3.8, 4) is 0 Å². The first-order valence-electron chi connectivity index (χ1n) is 9.40. The number of amides is 1. The van der Waals surface area contributed by atoms with Gasteiger partial charge in [0.2, 0.25) is 5.91 Å². The molecule has 31 heavy (non-hydrogen) atoms. The normalized spacial score (nSPS) is 11.5. The maximum atomic E-state index is 13.2. The van der Waals surface area contributed by atoms with Crippen LogP contribution in [0.5, 0.6) is 0 Å². The summed E-state index contributed by atoms with van der Waals surface area (Å²) in [4.78, 5) is 23.2. The van der Waals surface area contributed by atoms with E-state index in [1.54, 1.807) is 48.8 Å². The smallest absolute Gasteiger partial charge is 0.244 e. The van der Waals surface area contributed by atoms with Crippen LogP contribution in [0.3, 0.4) is 0 Å².